The Balaban J connectivity index is 2.02. The van der Waals surface area contributed by atoms with Gasteiger partial charge >= 0.3 is 0 Å². The molecule has 0 fully saturated rings. The molecular weight excluding hydrogens is 256 g/mol. The molecule has 2 aromatic heterocycles. The van der Waals surface area contributed by atoms with Crippen LogP contribution in [0.4, 0.5) is 0 Å². The van der Waals surface area contributed by atoms with E-state index in [0.29, 0.717) is 12.1 Å². The average Bonchev–Trinajstić information content (AvgIpc) is 2.92. The molecule has 0 saturated carbocycles. The normalized spacial score (nSPS) is 13.2. The summed E-state index contributed by atoms with van der Waals surface area (Å²) in [6, 6.07) is 2.95. The molecule has 0 amide bonds. The Bertz CT molecular complexity index is 541. The summed E-state index contributed by atoms with van der Waals surface area (Å²) in [5, 5.41) is 7.79. The number of hydrogen-bond acceptors (Lipinski definition) is 4. The molecule has 104 valence electrons. The van der Waals surface area contributed by atoms with E-state index in [-0.39, 0.29) is 0 Å². The molecule has 0 aliphatic carbocycles. The van der Waals surface area contributed by atoms with Crippen molar-refractivity contribution in [3.05, 3.63) is 33.5 Å². The predicted molar refractivity (Wildman–Crippen MR) is 79.5 cm³/mol. The number of rotatable bonds is 5. The fourth-order valence-corrected chi connectivity index (χ4v) is 3.29. The SMILES string of the molecule is Cc1cc(C(C)NCc2ncnn2C(C)C)c(C)s1. The van der Waals surface area contributed by atoms with Gasteiger partial charge in [0.1, 0.15) is 12.2 Å². The van der Waals surface area contributed by atoms with Crippen molar-refractivity contribution in [3.8, 4) is 0 Å². The fourth-order valence-electron chi connectivity index (χ4n) is 2.27. The highest BCUT2D eigenvalue weighted by atomic mass is 32.1. The molecule has 0 bridgehead atoms. The monoisotopic (exact) mass is 278 g/mol. The standard InChI is InChI=1S/C14H22N4S/c1-9(2)18-14(16-8-17-18)7-15-11(4)13-6-10(3)19-12(13)5/h6,8-9,11,15H,7H2,1-5H3. The van der Waals surface area contributed by atoms with Crippen LogP contribution in [0, 0.1) is 13.8 Å². The van der Waals surface area contributed by atoms with Crippen molar-refractivity contribution in [1.82, 2.24) is 20.1 Å². The highest BCUT2D eigenvalue weighted by molar-refractivity contribution is 7.12. The topological polar surface area (TPSA) is 42.7 Å². The van der Waals surface area contributed by atoms with Gasteiger partial charge in [0.05, 0.1) is 6.54 Å². The van der Waals surface area contributed by atoms with E-state index in [1.165, 1.54) is 15.3 Å². The predicted octanol–water partition coefficient (Wildman–Crippen LogP) is 3.39. The van der Waals surface area contributed by atoms with Gasteiger partial charge in [0.2, 0.25) is 0 Å². The first-order chi connectivity index (χ1) is 8.99. The van der Waals surface area contributed by atoms with E-state index < -0.39 is 0 Å². The number of nitrogens with one attached hydrogen (secondary N) is 1. The molecule has 1 N–H and O–H groups in total. The molecule has 5 heteroatoms. The second-order valence-electron chi connectivity index (χ2n) is 5.19. The Morgan fingerprint density at radius 1 is 1.32 bits per heavy atom. The largest absolute Gasteiger partial charge is 0.303 e. The molecule has 1 unspecified atom stereocenters. The maximum absolute atomic E-state index is 4.32. The Hall–Kier alpha value is -1.20. The third-order valence-corrected chi connectivity index (χ3v) is 4.23. The molecule has 2 heterocycles. The van der Waals surface area contributed by atoms with Crippen LogP contribution in [0.3, 0.4) is 0 Å². The van der Waals surface area contributed by atoms with Crippen molar-refractivity contribution >= 4 is 11.3 Å². The first kappa shape index (κ1) is 14.2. The molecule has 0 aliphatic heterocycles. The Morgan fingerprint density at radius 3 is 2.63 bits per heavy atom. The van der Waals surface area contributed by atoms with Crippen molar-refractivity contribution in [2.24, 2.45) is 0 Å². The number of thiophene rings is 1. The second-order valence-corrected chi connectivity index (χ2v) is 6.65. The van der Waals surface area contributed by atoms with E-state index in [1.54, 1.807) is 6.33 Å². The smallest absolute Gasteiger partial charge is 0.141 e. The molecule has 2 rings (SSSR count). The van der Waals surface area contributed by atoms with E-state index >= 15 is 0 Å². The Morgan fingerprint density at radius 2 is 2.05 bits per heavy atom. The third-order valence-electron chi connectivity index (χ3n) is 3.25. The minimum Gasteiger partial charge on any atom is -0.303 e. The summed E-state index contributed by atoms with van der Waals surface area (Å²) in [6.07, 6.45) is 1.63. The van der Waals surface area contributed by atoms with Gasteiger partial charge in [-0.3, -0.25) is 0 Å². The van der Waals surface area contributed by atoms with Crippen molar-refractivity contribution in [1.29, 1.82) is 0 Å². The lowest BCUT2D eigenvalue weighted by Gasteiger charge is -2.15. The molecule has 19 heavy (non-hydrogen) atoms. The van der Waals surface area contributed by atoms with Crippen LogP contribution in [-0.2, 0) is 6.54 Å². The number of aromatic nitrogens is 3. The summed E-state index contributed by atoms with van der Waals surface area (Å²) < 4.78 is 1.96. The van der Waals surface area contributed by atoms with Crippen LogP contribution in [0.25, 0.3) is 0 Å². The van der Waals surface area contributed by atoms with Crippen LogP contribution in [0.5, 0.6) is 0 Å². The van der Waals surface area contributed by atoms with Crippen molar-refractivity contribution in [2.45, 2.75) is 53.2 Å². The molecule has 1 atom stereocenters. The number of nitrogens with zero attached hydrogens (tertiary/aromatic N) is 3. The van der Waals surface area contributed by atoms with E-state index in [1.807, 2.05) is 16.0 Å². The minimum absolute atomic E-state index is 0.335. The lowest BCUT2D eigenvalue weighted by atomic mass is 10.1. The summed E-state index contributed by atoms with van der Waals surface area (Å²) >= 11 is 1.86. The van der Waals surface area contributed by atoms with Gasteiger partial charge in [0, 0.05) is 21.8 Å². The van der Waals surface area contributed by atoms with Gasteiger partial charge in [0.15, 0.2) is 0 Å². The van der Waals surface area contributed by atoms with E-state index in [9.17, 15) is 0 Å². The van der Waals surface area contributed by atoms with Gasteiger partial charge < -0.3 is 5.32 Å². The summed E-state index contributed by atoms with van der Waals surface area (Å²) in [7, 11) is 0. The molecule has 0 saturated heterocycles. The van der Waals surface area contributed by atoms with Gasteiger partial charge in [-0.25, -0.2) is 9.67 Å². The van der Waals surface area contributed by atoms with E-state index in [4.69, 9.17) is 0 Å². The summed E-state index contributed by atoms with van der Waals surface area (Å²) in [6.45, 7) is 11.5. The van der Waals surface area contributed by atoms with Crippen molar-refractivity contribution in [2.75, 3.05) is 0 Å². The second kappa shape index (κ2) is 5.84. The zero-order valence-electron chi connectivity index (χ0n) is 12.3. The third kappa shape index (κ3) is 3.22. The highest BCUT2D eigenvalue weighted by Gasteiger charge is 2.13. The Labute approximate surface area is 118 Å². The van der Waals surface area contributed by atoms with E-state index in [2.05, 4.69) is 56.1 Å². The minimum atomic E-state index is 0.335. The van der Waals surface area contributed by atoms with Crippen molar-refractivity contribution < 1.29 is 0 Å². The first-order valence-corrected chi connectivity index (χ1v) is 7.49. The van der Waals surface area contributed by atoms with Gasteiger partial charge in [-0.2, -0.15) is 5.10 Å². The number of hydrogen-bond donors (Lipinski definition) is 1. The van der Waals surface area contributed by atoms with Gasteiger partial charge in [0.25, 0.3) is 0 Å². The lowest BCUT2D eigenvalue weighted by molar-refractivity contribution is 0.473. The van der Waals surface area contributed by atoms with E-state index in [0.717, 1.165) is 12.4 Å². The molecule has 0 radical (unpaired) electrons. The van der Waals surface area contributed by atoms with Crippen LogP contribution in [0.15, 0.2) is 12.4 Å². The van der Waals surface area contributed by atoms with Crippen LogP contribution in [0.2, 0.25) is 0 Å². The summed E-state index contributed by atoms with van der Waals surface area (Å²) in [4.78, 5) is 7.08. The van der Waals surface area contributed by atoms with Crippen molar-refractivity contribution in [3.63, 3.8) is 0 Å². The summed E-state index contributed by atoms with van der Waals surface area (Å²) in [5.41, 5.74) is 1.39. The molecule has 2 aromatic rings. The lowest BCUT2D eigenvalue weighted by Crippen LogP contribution is -2.21. The Kier molecular flexibility index (Phi) is 4.37. The highest BCUT2D eigenvalue weighted by Crippen LogP contribution is 2.26. The molecule has 4 nitrogen and oxygen atoms in total. The van der Waals surface area contributed by atoms with Gasteiger partial charge in [-0.1, -0.05) is 0 Å². The van der Waals surface area contributed by atoms with Crippen LogP contribution in [0.1, 0.15) is 54.0 Å². The zero-order chi connectivity index (χ0) is 14.0. The fraction of sp³-hybridized carbons (Fsp3) is 0.571. The molecule has 0 aliphatic rings. The maximum atomic E-state index is 4.32. The van der Waals surface area contributed by atoms with Crippen LogP contribution >= 0.6 is 11.3 Å². The summed E-state index contributed by atoms with van der Waals surface area (Å²) in [5.74, 6) is 0.992. The van der Waals surface area contributed by atoms with Crippen LogP contribution in [-0.4, -0.2) is 14.8 Å². The average molecular weight is 278 g/mol. The van der Waals surface area contributed by atoms with Gasteiger partial charge in [-0.05, 0) is 46.2 Å². The molecular formula is C14H22N4S. The molecule has 0 spiro atoms. The zero-order valence-corrected chi connectivity index (χ0v) is 13.1. The van der Waals surface area contributed by atoms with Gasteiger partial charge in [-0.15, -0.1) is 11.3 Å². The number of aryl methyl sites for hydroxylation is 2. The first-order valence-electron chi connectivity index (χ1n) is 6.67. The van der Waals surface area contributed by atoms with Crippen LogP contribution < -0.4 is 5.32 Å². The maximum Gasteiger partial charge on any atom is 0.141 e. The quantitative estimate of drug-likeness (QED) is 0.911. The molecule has 0 aromatic carbocycles.